The van der Waals surface area contributed by atoms with Crippen LogP contribution in [-0.2, 0) is 23.1 Å². The van der Waals surface area contributed by atoms with E-state index >= 15 is 0 Å². The van der Waals surface area contributed by atoms with Crippen LogP contribution in [0, 0.1) is 5.41 Å². The highest BCUT2D eigenvalue weighted by Crippen LogP contribution is 2.65. The molecular formula is C16H21N3O2S. The van der Waals surface area contributed by atoms with Gasteiger partial charge in [-0.25, -0.2) is 0 Å². The van der Waals surface area contributed by atoms with Crippen molar-refractivity contribution >= 4 is 17.2 Å². The molecule has 5 nitrogen and oxygen atoms in total. The lowest BCUT2D eigenvalue weighted by atomic mass is 9.93. The number of thiophene rings is 1. The lowest BCUT2D eigenvalue weighted by molar-refractivity contribution is -0.124. The van der Waals surface area contributed by atoms with Gasteiger partial charge in [-0.1, -0.05) is 32.0 Å². The number of carbonyl (C=O) groups is 1. The standard InChI is InChI=1S/C16H21N3O2S/c1-4-12-18-13(21-19-12)7-8-17-14(20)16(10-15(16,2)3)11-6-5-9-22-11/h5-6,9H,4,7-8,10H2,1-3H3,(H,17,20)/t16-/m0/s1. The summed E-state index contributed by atoms with van der Waals surface area (Å²) in [4.78, 5) is 18.1. The average Bonchev–Trinajstić information content (AvgIpc) is 2.95. The Morgan fingerprint density at radius 3 is 2.82 bits per heavy atom. The van der Waals surface area contributed by atoms with Gasteiger partial charge in [0.2, 0.25) is 11.8 Å². The molecular weight excluding hydrogens is 298 g/mol. The van der Waals surface area contributed by atoms with Crippen LogP contribution in [0.5, 0.6) is 0 Å². The fraction of sp³-hybridized carbons (Fsp3) is 0.562. The molecule has 22 heavy (non-hydrogen) atoms. The maximum atomic E-state index is 12.7. The minimum atomic E-state index is -0.370. The molecule has 1 fully saturated rings. The molecule has 118 valence electrons. The summed E-state index contributed by atoms with van der Waals surface area (Å²) in [6.45, 7) is 6.80. The number of aryl methyl sites for hydroxylation is 1. The number of aromatic nitrogens is 2. The van der Waals surface area contributed by atoms with E-state index in [9.17, 15) is 4.79 Å². The normalized spacial score (nSPS) is 22.5. The highest BCUT2D eigenvalue weighted by Gasteiger charge is 2.67. The lowest BCUT2D eigenvalue weighted by Crippen LogP contribution is -2.38. The predicted molar refractivity (Wildman–Crippen MR) is 84.8 cm³/mol. The van der Waals surface area contributed by atoms with Crippen LogP contribution in [0.25, 0.3) is 0 Å². The molecule has 0 bridgehead atoms. The first-order valence-corrected chi connectivity index (χ1v) is 8.51. The van der Waals surface area contributed by atoms with E-state index in [1.807, 2.05) is 18.4 Å². The van der Waals surface area contributed by atoms with Crippen LogP contribution < -0.4 is 5.32 Å². The van der Waals surface area contributed by atoms with Gasteiger partial charge in [0.25, 0.3) is 0 Å². The summed E-state index contributed by atoms with van der Waals surface area (Å²) in [5, 5.41) is 8.94. The van der Waals surface area contributed by atoms with Gasteiger partial charge in [0.15, 0.2) is 5.82 Å². The summed E-state index contributed by atoms with van der Waals surface area (Å²) in [7, 11) is 0. The van der Waals surface area contributed by atoms with Crippen molar-refractivity contribution in [1.29, 1.82) is 0 Å². The van der Waals surface area contributed by atoms with Crippen molar-refractivity contribution in [1.82, 2.24) is 15.5 Å². The largest absolute Gasteiger partial charge is 0.355 e. The van der Waals surface area contributed by atoms with E-state index < -0.39 is 0 Å². The zero-order valence-electron chi connectivity index (χ0n) is 13.2. The maximum Gasteiger partial charge on any atom is 0.232 e. The highest BCUT2D eigenvalue weighted by atomic mass is 32.1. The van der Waals surface area contributed by atoms with Crippen LogP contribution in [0.15, 0.2) is 22.0 Å². The zero-order valence-corrected chi connectivity index (χ0v) is 14.0. The van der Waals surface area contributed by atoms with Crippen molar-refractivity contribution in [3.8, 4) is 0 Å². The quantitative estimate of drug-likeness (QED) is 0.889. The average molecular weight is 319 g/mol. The van der Waals surface area contributed by atoms with E-state index in [0.29, 0.717) is 24.7 Å². The molecule has 0 unspecified atom stereocenters. The SMILES string of the molecule is CCc1noc(CCNC(=O)[C@@]2(c3cccs3)CC2(C)C)n1. The van der Waals surface area contributed by atoms with Crippen molar-refractivity contribution in [3.05, 3.63) is 34.1 Å². The molecule has 1 atom stereocenters. The molecule has 1 amide bonds. The molecule has 1 saturated carbocycles. The van der Waals surface area contributed by atoms with Crippen molar-refractivity contribution in [2.24, 2.45) is 5.41 Å². The van der Waals surface area contributed by atoms with Gasteiger partial charge in [-0.05, 0) is 23.3 Å². The summed E-state index contributed by atoms with van der Waals surface area (Å²) in [5.41, 5.74) is -0.355. The first-order valence-electron chi connectivity index (χ1n) is 7.63. The van der Waals surface area contributed by atoms with Gasteiger partial charge in [0, 0.05) is 24.3 Å². The summed E-state index contributed by atoms with van der Waals surface area (Å²) in [6, 6.07) is 4.07. The van der Waals surface area contributed by atoms with Crippen LogP contribution in [0.4, 0.5) is 0 Å². The third-order valence-corrected chi connectivity index (χ3v) is 5.55. The Kier molecular flexibility index (Phi) is 3.80. The minimum absolute atomic E-state index is 0.0157. The molecule has 0 spiro atoms. The molecule has 1 aliphatic carbocycles. The topological polar surface area (TPSA) is 68.0 Å². The number of carbonyl (C=O) groups excluding carboxylic acids is 1. The molecule has 0 aromatic carbocycles. The van der Waals surface area contributed by atoms with E-state index in [1.54, 1.807) is 11.3 Å². The van der Waals surface area contributed by atoms with Gasteiger partial charge in [0.05, 0.1) is 5.41 Å². The molecule has 1 aliphatic rings. The summed E-state index contributed by atoms with van der Waals surface area (Å²) in [6.07, 6.45) is 2.22. The zero-order chi connectivity index (χ0) is 15.8. The second-order valence-corrected chi connectivity index (χ2v) is 7.35. The number of hydrogen-bond acceptors (Lipinski definition) is 5. The Morgan fingerprint density at radius 1 is 1.50 bits per heavy atom. The van der Waals surface area contributed by atoms with Crippen molar-refractivity contribution in [3.63, 3.8) is 0 Å². The van der Waals surface area contributed by atoms with Gasteiger partial charge in [0.1, 0.15) is 0 Å². The number of rotatable bonds is 6. The van der Waals surface area contributed by atoms with E-state index in [4.69, 9.17) is 4.52 Å². The Hall–Kier alpha value is -1.69. The molecule has 3 rings (SSSR count). The third kappa shape index (κ3) is 2.45. The smallest absolute Gasteiger partial charge is 0.232 e. The van der Waals surface area contributed by atoms with Gasteiger partial charge in [-0.2, -0.15) is 4.98 Å². The molecule has 1 N–H and O–H groups in total. The lowest BCUT2D eigenvalue weighted by Gasteiger charge is -2.18. The third-order valence-electron chi connectivity index (χ3n) is 4.52. The predicted octanol–water partition coefficient (Wildman–Crippen LogP) is 2.72. The van der Waals surface area contributed by atoms with Gasteiger partial charge in [-0.3, -0.25) is 4.79 Å². The van der Waals surface area contributed by atoms with Gasteiger partial charge in [-0.15, -0.1) is 11.3 Å². The molecule has 0 saturated heterocycles. The van der Waals surface area contributed by atoms with Crippen LogP contribution in [0.3, 0.4) is 0 Å². The van der Waals surface area contributed by atoms with E-state index in [1.165, 1.54) is 0 Å². The van der Waals surface area contributed by atoms with Crippen LogP contribution in [0.2, 0.25) is 0 Å². The van der Waals surface area contributed by atoms with Crippen LogP contribution in [0.1, 0.15) is 43.8 Å². The number of hydrogen-bond donors (Lipinski definition) is 1. The number of nitrogens with zero attached hydrogens (tertiary/aromatic N) is 2. The molecule has 2 heterocycles. The molecule has 6 heteroatoms. The molecule has 2 aromatic rings. The number of amides is 1. The Morgan fingerprint density at radius 2 is 2.27 bits per heavy atom. The van der Waals surface area contributed by atoms with Crippen molar-refractivity contribution in [2.45, 2.75) is 45.4 Å². The van der Waals surface area contributed by atoms with E-state index in [0.717, 1.165) is 17.7 Å². The molecule has 0 radical (unpaired) electrons. The minimum Gasteiger partial charge on any atom is -0.355 e. The Labute approximate surface area is 134 Å². The summed E-state index contributed by atoms with van der Waals surface area (Å²) in [5.74, 6) is 1.40. The van der Waals surface area contributed by atoms with Gasteiger partial charge < -0.3 is 9.84 Å². The van der Waals surface area contributed by atoms with Crippen LogP contribution in [-0.4, -0.2) is 22.6 Å². The second-order valence-electron chi connectivity index (χ2n) is 6.41. The van der Waals surface area contributed by atoms with Crippen molar-refractivity contribution < 1.29 is 9.32 Å². The fourth-order valence-corrected chi connectivity index (χ4v) is 4.13. The summed E-state index contributed by atoms with van der Waals surface area (Å²) < 4.78 is 5.14. The monoisotopic (exact) mass is 319 g/mol. The summed E-state index contributed by atoms with van der Waals surface area (Å²) >= 11 is 1.66. The second kappa shape index (κ2) is 5.50. The first-order chi connectivity index (χ1) is 10.5. The number of nitrogens with one attached hydrogen (secondary N) is 1. The van der Waals surface area contributed by atoms with Crippen molar-refractivity contribution in [2.75, 3.05) is 6.54 Å². The van der Waals surface area contributed by atoms with Crippen LogP contribution >= 0.6 is 11.3 Å². The molecule has 2 aromatic heterocycles. The highest BCUT2D eigenvalue weighted by molar-refractivity contribution is 7.10. The van der Waals surface area contributed by atoms with E-state index in [-0.39, 0.29) is 16.7 Å². The first kappa shape index (κ1) is 15.2. The maximum absolute atomic E-state index is 12.7. The molecule has 0 aliphatic heterocycles. The van der Waals surface area contributed by atoms with E-state index in [2.05, 4.69) is 35.4 Å². The fourth-order valence-electron chi connectivity index (χ4n) is 3.03. The Balaban J connectivity index is 1.62. The Bertz CT molecular complexity index is 663. The van der Waals surface area contributed by atoms with Gasteiger partial charge >= 0.3 is 0 Å².